The molecular weight excluding hydrogens is 1410 g/mol. The maximum atomic E-state index is 13.2. The monoisotopic (exact) mass is 1480 g/mol. The van der Waals surface area contributed by atoms with Crippen molar-refractivity contribution in [3.8, 4) is 90.6 Å². The topological polar surface area (TPSA) is 352 Å². The molecule has 28 heteroatoms. The van der Waals surface area contributed by atoms with Crippen LogP contribution in [-0.2, 0) is 12.8 Å². The van der Waals surface area contributed by atoms with Gasteiger partial charge >= 0.3 is 0 Å². The van der Waals surface area contributed by atoms with E-state index in [1.54, 1.807) is 30.3 Å². The number of aromatic nitrogens is 21. The number of para-hydroxylation sites is 1. The molecule has 10 N–H and O–H groups in total. The van der Waals surface area contributed by atoms with E-state index in [0.29, 0.717) is 46.1 Å². The lowest BCUT2D eigenvalue weighted by Gasteiger charge is -2.05. The average molecular weight is 1480 g/mol. The minimum atomic E-state index is -0.256. The molecule has 0 saturated heterocycles. The Hall–Kier alpha value is -13.9. The second kappa shape index (κ2) is 30.9. The lowest BCUT2D eigenvalue weighted by Crippen LogP contribution is -2.23. The van der Waals surface area contributed by atoms with Crippen LogP contribution in [0.2, 0.25) is 0 Å². The fraction of sp³-hybridized carbons (Fsp3) is 0.159. The molecule has 2 fully saturated rings. The fourth-order valence-corrected chi connectivity index (χ4v) is 14.4. The number of benzene rings is 9. The van der Waals surface area contributed by atoms with E-state index in [2.05, 4.69) is 112 Å². The van der Waals surface area contributed by atoms with Gasteiger partial charge in [0.15, 0.2) is 28.4 Å². The lowest BCUT2D eigenvalue weighted by molar-refractivity contribution is 0.0952. The Morgan fingerprint density at radius 2 is 0.864 bits per heavy atom. The van der Waals surface area contributed by atoms with Crippen molar-refractivity contribution < 1.29 is 18.4 Å². The first-order valence-corrected chi connectivity index (χ1v) is 37.0. The molecule has 9 aromatic carbocycles. The first kappa shape index (κ1) is 69.2. The normalized spacial score (nSPS) is 12.8. The van der Waals surface area contributed by atoms with Crippen molar-refractivity contribution in [3.63, 3.8) is 0 Å². The third-order valence-electron chi connectivity index (χ3n) is 19.4. The highest BCUT2D eigenvalue weighted by atomic mass is 32.1. The predicted molar refractivity (Wildman–Crippen MR) is 420 cm³/mol. The number of halogens is 2. The number of rotatable bonds is 17. The number of anilines is 1. The SMILES string of the molecule is CCCNC(=O)c1cccc(-c2n[nH]c3ccc(-c4ncn[nH]4)cc23)c1.Fc1ccc(-c2n[nH]c3ccc(-c4n[nH]c(CC5CC5)n4)cc23)cc1.Fc1ccc(-c2n[nH]c3ccc(-c4n[nH]c(CC5CCCC5)n4)cc23)cc1.O=C(Nc1nc2ccccc2s1)c1cccc(-c2n[nH]c3ccc(-c4ncn[nH]4)cc23)c1. The molecule has 544 valence electrons. The molecule has 0 aliphatic heterocycles. The summed E-state index contributed by atoms with van der Waals surface area (Å²) in [4.78, 5) is 47.3. The number of nitrogens with one attached hydrogen (secondary N) is 10. The highest BCUT2D eigenvalue weighted by Crippen LogP contribution is 2.37. The Morgan fingerprint density at radius 3 is 1.32 bits per heavy atom. The van der Waals surface area contributed by atoms with Crippen LogP contribution < -0.4 is 10.6 Å². The summed E-state index contributed by atoms with van der Waals surface area (Å²) in [5, 5.41) is 68.6. The summed E-state index contributed by atoms with van der Waals surface area (Å²) in [7, 11) is 0. The fourth-order valence-electron chi connectivity index (χ4n) is 13.6. The van der Waals surface area contributed by atoms with Crippen LogP contribution in [0.4, 0.5) is 13.9 Å². The second-order valence-electron chi connectivity index (χ2n) is 27.1. The number of carbonyl (C=O) groups excluding carboxylic acids is 2. The maximum absolute atomic E-state index is 13.2. The Morgan fingerprint density at radius 1 is 0.427 bits per heavy atom. The van der Waals surface area contributed by atoms with Crippen LogP contribution in [0, 0.1) is 23.5 Å². The van der Waals surface area contributed by atoms with Crippen molar-refractivity contribution in [2.45, 2.75) is 64.7 Å². The van der Waals surface area contributed by atoms with E-state index in [9.17, 15) is 18.4 Å². The molecule has 9 aromatic heterocycles. The number of thiazole rings is 1. The standard InChI is InChI=1S/C23H15N7OS.C21H20FN5.C19H16FN5.C19H18N6O/c31-22(27-23-26-18-6-1-2-7-19(18)32-23)15-5-3-4-13(10-15)20-16-11-14(21-24-12-25-30-21)8-9-17(16)28-29-20;22-16-8-5-14(6-9-16)20-17-12-15(7-10-18(17)24-26-20)21-23-19(25-27-21)11-13-3-1-2-4-13;20-14-6-3-12(4-7-14)18-15-10-13(5-8-16(15)22-24-18)19-21-17(23-25-19)9-11-1-2-11;1-2-8-20-19(26)14-5-3-4-12(9-14)17-15-10-13(18-21-11-22-25-18)6-7-16(15)23-24-17/h1-12H,(H,28,29)(H,24,25,30)(H,26,27,31);5-10,12-13H,1-4,11H2,(H,24,26)(H,23,25,27);3-8,10-11H,1-2,9H2,(H,22,24)(H,21,23,25);3-7,9-11H,2,8H2,1H3,(H,20,26)(H,23,24)(H,21,22,25). The van der Waals surface area contributed by atoms with Crippen molar-refractivity contribution in [1.29, 1.82) is 0 Å². The van der Waals surface area contributed by atoms with Crippen molar-refractivity contribution in [3.05, 3.63) is 241 Å². The molecule has 9 heterocycles. The largest absolute Gasteiger partial charge is 0.352 e. The zero-order valence-corrected chi connectivity index (χ0v) is 60.0. The van der Waals surface area contributed by atoms with E-state index < -0.39 is 0 Å². The Kier molecular flexibility index (Phi) is 19.4. The molecule has 2 aliphatic rings. The Bertz CT molecular complexity index is 6230. The number of nitrogens with zero attached hydrogens (tertiary/aromatic N) is 13. The molecule has 2 amide bonds. The Labute approximate surface area is 629 Å². The van der Waals surface area contributed by atoms with E-state index in [0.717, 1.165) is 164 Å². The van der Waals surface area contributed by atoms with Gasteiger partial charge in [0, 0.05) is 96.6 Å². The summed E-state index contributed by atoms with van der Waals surface area (Å²) in [5.74, 6) is 5.39. The van der Waals surface area contributed by atoms with E-state index in [1.807, 2.05) is 146 Å². The van der Waals surface area contributed by atoms with Crippen LogP contribution in [-0.4, -0.2) is 125 Å². The van der Waals surface area contributed by atoms with Gasteiger partial charge < -0.3 is 5.32 Å². The number of hydrogen-bond donors (Lipinski definition) is 10. The third kappa shape index (κ3) is 15.3. The zero-order chi connectivity index (χ0) is 74.4. The molecule has 0 radical (unpaired) electrons. The predicted octanol–water partition coefficient (Wildman–Crippen LogP) is 17.0. The molecule has 110 heavy (non-hydrogen) atoms. The zero-order valence-electron chi connectivity index (χ0n) is 59.2. The van der Waals surface area contributed by atoms with Crippen LogP contribution in [0.15, 0.2) is 207 Å². The van der Waals surface area contributed by atoms with E-state index in [-0.39, 0.29) is 23.4 Å². The highest BCUT2D eigenvalue weighted by molar-refractivity contribution is 7.22. The number of hydrogen-bond acceptors (Lipinski definition) is 16. The van der Waals surface area contributed by atoms with Crippen molar-refractivity contribution in [1.82, 2.24) is 112 Å². The minimum absolute atomic E-state index is 0.0732. The van der Waals surface area contributed by atoms with Crippen molar-refractivity contribution in [2.24, 2.45) is 11.8 Å². The van der Waals surface area contributed by atoms with E-state index in [4.69, 9.17) is 4.98 Å². The summed E-state index contributed by atoms with van der Waals surface area (Å²) in [6, 6.07) is 59.3. The molecule has 2 aliphatic carbocycles. The molecule has 0 atom stereocenters. The number of aromatic amines is 8. The van der Waals surface area contributed by atoms with Gasteiger partial charge in [0.05, 0.1) is 55.1 Å². The molecule has 0 unspecified atom stereocenters. The van der Waals surface area contributed by atoms with Crippen LogP contribution in [0.1, 0.15) is 84.2 Å². The van der Waals surface area contributed by atoms with Gasteiger partial charge in [-0.1, -0.05) is 80.3 Å². The molecular formula is C82H69F2N23O2S. The van der Waals surface area contributed by atoms with Crippen LogP contribution in [0.5, 0.6) is 0 Å². The van der Waals surface area contributed by atoms with Gasteiger partial charge in [-0.2, -0.15) is 40.8 Å². The number of H-pyrrole nitrogens is 8. The third-order valence-corrected chi connectivity index (χ3v) is 20.4. The first-order chi connectivity index (χ1) is 54.0. The average Bonchev–Trinajstić information content (AvgIpc) is 1.66. The molecule has 18 aromatic rings. The summed E-state index contributed by atoms with van der Waals surface area (Å²) in [6.45, 7) is 2.69. The minimum Gasteiger partial charge on any atom is -0.352 e. The van der Waals surface area contributed by atoms with Crippen molar-refractivity contribution in [2.75, 3.05) is 11.9 Å². The van der Waals surface area contributed by atoms with Crippen molar-refractivity contribution >= 4 is 82.1 Å². The van der Waals surface area contributed by atoms with Crippen LogP contribution >= 0.6 is 11.3 Å². The summed E-state index contributed by atoms with van der Waals surface area (Å²) in [6.07, 6.45) is 13.6. The van der Waals surface area contributed by atoms with Gasteiger partial charge in [-0.05, 0) is 189 Å². The molecule has 25 nitrogen and oxygen atoms in total. The smallest absolute Gasteiger partial charge is 0.257 e. The molecule has 20 rings (SSSR count). The lowest BCUT2D eigenvalue weighted by atomic mass is 10.0. The molecule has 2 saturated carbocycles. The van der Waals surface area contributed by atoms with Gasteiger partial charge in [0.1, 0.15) is 35.9 Å². The Balaban J connectivity index is 0.000000107. The van der Waals surface area contributed by atoms with Gasteiger partial charge in [0.2, 0.25) is 0 Å². The van der Waals surface area contributed by atoms with Gasteiger partial charge in [-0.3, -0.25) is 55.7 Å². The van der Waals surface area contributed by atoms with Gasteiger partial charge in [-0.25, -0.2) is 33.7 Å². The quantitative estimate of drug-likeness (QED) is 0.0405. The first-order valence-electron chi connectivity index (χ1n) is 36.2. The van der Waals surface area contributed by atoms with E-state index in [1.165, 1.54) is 86.8 Å². The number of amides is 2. The number of fused-ring (bicyclic) bond motifs is 5. The maximum Gasteiger partial charge on any atom is 0.257 e. The van der Waals surface area contributed by atoms with Crippen LogP contribution in [0.25, 0.3) is 144 Å². The van der Waals surface area contributed by atoms with Gasteiger partial charge in [0.25, 0.3) is 11.8 Å². The van der Waals surface area contributed by atoms with E-state index >= 15 is 0 Å². The summed E-state index contributed by atoms with van der Waals surface area (Å²) < 4.78 is 27.4. The van der Waals surface area contributed by atoms with Gasteiger partial charge in [-0.15, -0.1) is 0 Å². The second-order valence-corrected chi connectivity index (χ2v) is 28.1. The van der Waals surface area contributed by atoms with Crippen LogP contribution in [0.3, 0.4) is 0 Å². The molecule has 0 spiro atoms. The number of carbonyl (C=O) groups is 2. The highest BCUT2D eigenvalue weighted by Gasteiger charge is 2.25. The molecule has 0 bridgehead atoms. The summed E-state index contributed by atoms with van der Waals surface area (Å²) in [5.41, 5.74) is 16.0. The summed E-state index contributed by atoms with van der Waals surface area (Å²) >= 11 is 1.45.